The molecule has 0 N–H and O–H groups in total. The van der Waals surface area contributed by atoms with Crippen molar-refractivity contribution in [3.05, 3.63) is 261 Å². The highest BCUT2D eigenvalue weighted by Gasteiger charge is 2.22. The zero-order valence-electron chi connectivity index (χ0n) is 36.7. The maximum Gasteiger partial charge on any atom is 0.0562 e. The number of aromatic nitrogens is 2. The standard InChI is InChI=1S/C64H43N3/c1-3-17-45(18-4-1)53-28-14-19-47-20-15-29-54(63(47)53)46-37-41-51(42-38-46)65(61-33-16-34-62-64(61)57-27-9-12-32-60(57)66(62)49-22-5-2-6-23-49)50-39-35-44(36-40-50)48-21-13-24-52(43-48)67-58-30-10-7-25-55(58)56-26-8-11-31-59(56)67/h1-43H. The van der Waals surface area contributed by atoms with Crippen LogP contribution in [0.25, 0.3) is 99.1 Å². The third kappa shape index (κ3) is 6.43. The van der Waals surface area contributed by atoms with Crippen LogP contribution in [-0.4, -0.2) is 9.13 Å². The zero-order valence-corrected chi connectivity index (χ0v) is 36.7. The van der Waals surface area contributed by atoms with Gasteiger partial charge in [0.25, 0.3) is 0 Å². The Morgan fingerprint density at radius 3 is 1.36 bits per heavy atom. The van der Waals surface area contributed by atoms with Crippen LogP contribution in [0.3, 0.4) is 0 Å². The minimum atomic E-state index is 1.08. The maximum atomic E-state index is 2.44. The normalized spacial score (nSPS) is 11.6. The predicted molar refractivity (Wildman–Crippen MR) is 284 cm³/mol. The Balaban J connectivity index is 0.964. The number of rotatable bonds is 8. The van der Waals surface area contributed by atoms with Gasteiger partial charge in [0, 0.05) is 44.3 Å². The molecule has 2 aromatic heterocycles. The minimum Gasteiger partial charge on any atom is -0.310 e. The van der Waals surface area contributed by atoms with Crippen molar-refractivity contribution in [3.8, 4) is 44.8 Å². The summed E-state index contributed by atoms with van der Waals surface area (Å²) in [7, 11) is 0. The molecular formula is C64H43N3. The lowest BCUT2D eigenvalue weighted by molar-refractivity contribution is 1.18. The van der Waals surface area contributed by atoms with Crippen LogP contribution < -0.4 is 4.90 Å². The van der Waals surface area contributed by atoms with Crippen molar-refractivity contribution in [2.75, 3.05) is 4.90 Å². The van der Waals surface area contributed by atoms with Gasteiger partial charge < -0.3 is 14.0 Å². The molecule has 0 saturated carbocycles. The molecule has 3 nitrogen and oxygen atoms in total. The van der Waals surface area contributed by atoms with Gasteiger partial charge in [0.2, 0.25) is 0 Å². The SMILES string of the molecule is c1ccc(-c2cccc3cccc(-c4ccc(N(c5ccc(-c6cccc(-n7c8ccccc8c8ccccc87)c6)cc5)c5cccc6c5c5ccccc5n6-c5ccccc5)cc4)c23)cc1. The fourth-order valence-electron chi connectivity index (χ4n) is 10.5. The van der Waals surface area contributed by atoms with E-state index >= 15 is 0 Å². The molecule has 0 unspecified atom stereocenters. The molecule has 314 valence electrons. The van der Waals surface area contributed by atoms with Crippen molar-refractivity contribution < 1.29 is 0 Å². The van der Waals surface area contributed by atoms with Gasteiger partial charge in [-0.2, -0.15) is 0 Å². The first-order valence-electron chi connectivity index (χ1n) is 23.0. The quantitative estimate of drug-likeness (QED) is 0.148. The van der Waals surface area contributed by atoms with Crippen LogP contribution in [0, 0.1) is 0 Å². The van der Waals surface area contributed by atoms with E-state index in [1.807, 2.05) is 0 Å². The van der Waals surface area contributed by atoms with Crippen molar-refractivity contribution in [1.82, 2.24) is 9.13 Å². The van der Waals surface area contributed by atoms with Crippen molar-refractivity contribution >= 4 is 71.4 Å². The summed E-state index contributed by atoms with van der Waals surface area (Å²) in [4.78, 5) is 2.44. The molecule has 0 bridgehead atoms. The van der Waals surface area contributed by atoms with E-state index in [4.69, 9.17) is 0 Å². The van der Waals surface area contributed by atoms with Gasteiger partial charge in [-0.25, -0.2) is 0 Å². The Labute approximate surface area is 389 Å². The van der Waals surface area contributed by atoms with Crippen molar-refractivity contribution in [3.63, 3.8) is 0 Å². The monoisotopic (exact) mass is 853 g/mol. The first kappa shape index (κ1) is 38.5. The number of benzene rings is 11. The second-order valence-corrected chi connectivity index (χ2v) is 17.3. The topological polar surface area (TPSA) is 13.1 Å². The summed E-state index contributed by atoms with van der Waals surface area (Å²) in [5.74, 6) is 0. The van der Waals surface area contributed by atoms with Crippen LogP contribution in [0.15, 0.2) is 261 Å². The molecule has 3 heteroatoms. The molecule has 0 fully saturated rings. The molecule has 0 saturated heterocycles. The molecule has 67 heavy (non-hydrogen) atoms. The van der Waals surface area contributed by atoms with E-state index in [1.165, 1.54) is 76.7 Å². The molecule has 13 rings (SSSR count). The van der Waals surface area contributed by atoms with E-state index in [0.29, 0.717) is 0 Å². The molecule has 0 aliphatic carbocycles. The van der Waals surface area contributed by atoms with E-state index in [-0.39, 0.29) is 0 Å². The fourth-order valence-corrected chi connectivity index (χ4v) is 10.5. The van der Waals surface area contributed by atoms with Gasteiger partial charge in [0.1, 0.15) is 0 Å². The van der Waals surface area contributed by atoms with E-state index in [2.05, 4.69) is 275 Å². The number of hydrogen-bond donors (Lipinski definition) is 0. The first-order chi connectivity index (χ1) is 33.3. The van der Waals surface area contributed by atoms with Crippen molar-refractivity contribution in [2.45, 2.75) is 0 Å². The van der Waals surface area contributed by atoms with Crippen LogP contribution in [0.1, 0.15) is 0 Å². The summed E-state index contributed by atoms with van der Waals surface area (Å²) in [6.45, 7) is 0. The average Bonchev–Trinajstić information content (AvgIpc) is 3.93. The molecule has 0 amide bonds. The summed E-state index contributed by atoms with van der Waals surface area (Å²) >= 11 is 0. The lowest BCUT2D eigenvalue weighted by Crippen LogP contribution is -2.10. The predicted octanol–water partition coefficient (Wildman–Crippen LogP) is 17.5. The van der Waals surface area contributed by atoms with Gasteiger partial charge in [-0.3, -0.25) is 0 Å². The third-order valence-corrected chi connectivity index (χ3v) is 13.5. The number of nitrogens with zero attached hydrogens (tertiary/aromatic N) is 3. The van der Waals surface area contributed by atoms with Crippen molar-refractivity contribution in [1.29, 1.82) is 0 Å². The highest BCUT2D eigenvalue weighted by atomic mass is 15.1. The minimum absolute atomic E-state index is 1.08. The largest absolute Gasteiger partial charge is 0.310 e. The van der Waals surface area contributed by atoms with E-state index in [9.17, 15) is 0 Å². The van der Waals surface area contributed by atoms with Gasteiger partial charge in [-0.15, -0.1) is 0 Å². The van der Waals surface area contributed by atoms with Gasteiger partial charge in [-0.1, -0.05) is 182 Å². The molecule has 0 radical (unpaired) electrons. The Hall–Kier alpha value is -8.92. The number of para-hydroxylation sites is 4. The van der Waals surface area contributed by atoms with Gasteiger partial charge in [-0.05, 0) is 123 Å². The number of anilines is 3. The summed E-state index contributed by atoms with van der Waals surface area (Å²) in [5, 5.41) is 7.43. The molecule has 11 aromatic carbocycles. The lowest BCUT2D eigenvalue weighted by Gasteiger charge is -2.27. The Morgan fingerprint density at radius 2 is 0.716 bits per heavy atom. The second-order valence-electron chi connectivity index (χ2n) is 17.3. The highest BCUT2D eigenvalue weighted by Crippen LogP contribution is 2.45. The number of fused-ring (bicyclic) bond motifs is 7. The highest BCUT2D eigenvalue weighted by molar-refractivity contribution is 6.17. The van der Waals surface area contributed by atoms with E-state index in [1.54, 1.807) is 0 Å². The maximum absolute atomic E-state index is 2.44. The molecular weight excluding hydrogens is 811 g/mol. The van der Waals surface area contributed by atoms with Gasteiger partial charge >= 0.3 is 0 Å². The summed E-state index contributed by atoms with van der Waals surface area (Å²) in [6, 6.07) is 94.9. The Bertz CT molecular complexity index is 3900. The van der Waals surface area contributed by atoms with E-state index < -0.39 is 0 Å². The third-order valence-electron chi connectivity index (χ3n) is 13.5. The van der Waals surface area contributed by atoms with Crippen molar-refractivity contribution in [2.24, 2.45) is 0 Å². The molecule has 0 aliphatic rings. The lowest BCUT2D eigenvalue weighted by atomic mass is 9.91. The molecule has 0 aliphatic heterocycles. The molecule has 2 heterocycles. The van der Waals surface area contributed by atoms with Crippen LogP contribution in [0.5, 0.6) is 0 Å². The second kappa shape index (κ2) is 16.0. The fraction of sp³-hybridized carbons (Fsp3) is 0. The zero-order chi connectivity index (χ0) is 44.3. The summed E-state index contributed by atoms with van der Waals surface area (Å²) in [6.07, 6.45) is 0. The number of hydrogen-bond acceptors (Lipinski definition) is 1. The Kier molecular flexibility index (Phi) is 9.17. The Morgan fingerprint density at radius 1 is 0.269 bits per heavy atom. The summed E-state index contributed by atoms with van der Waals surface area (Å²) < 4.78 is 4.79. The van der Waals surface area contributed by atoms with E-state index in [0.717, 1.165) is 39.5 Å². The first-order valence-corrected chi connectivity index (χ1v) is 23.0. The van der Waals surface area contributed by atoms with Crippen LogP contribution in [-0.2, 0) is 0 Å². The molecule has 0 atom stereocenters. The van der Waals surface area contributed by atoms with Gasteiger partial charge in [0.05, 0.1) is 27.8 Å². The molecule has 0 spiro atoms. The summed E-state index contributed by atoms with van der Waals surface area (Å²) in [5.41, 5.74) is 17.5. The van der Waals surface area contributed by atoms with Gasteiger partial charge in [0.15, 0.2) is 0 Å². The molecule has 13 aromatic rings. The smallest absolute Gasteiger partial charge is 0.0562 e. The van der Waals surface area contributed by atoms with Crippen LogP contribution >= 0.6 is 0 Å². The van der Waals surface area contributed by atoms with Crippen LogP contribution in [0.4, 0.5) is 17.1 Å². The average molecular weight is 854 g/mol. The van der Waals surface area contributed by atoms with Crippen LogP contribution in [0.2, 0.25) is 0 Å².